The largest absolute Gasteiger partial charge is 0.479 e. The molecule has 1 unspecified atom stereocenters. The number of nitrogens with zero attached hydrogens (tertiary/aromatic N) is 1. The molecular weight excluding hydrogens is 230 g/mol. The molecule has 0 aliphatic carbocycles. The minimum Gasteiger partial charge on any atom is -0.479 e. The molecule has 5 nitrogen and oxygen atoms in total. The molecule has 1 heterocycles. The Balaban J connectivity index is 2.41. The highest BCUT2D eigenvalue weighted by atomic mass is 32.2. The summed E-state index contributed by atoms with van der Waals surface area (Å²) in [7, 11) is 0. The first-order valence-electron chi connectivity index (χ1n) is 5.24. The van der Waals surface area contributed by atoms with Gasteiger partial charge in [-0.3, -0.25) is 4.79 Å². The van der Waals surface area contributed by atoms with Crippen molar-refractivity contribution < 1.29 is 19.4 Å². The molecule has 6 heteroatoms. The smallest absolute Gasteiger partial charge is 0.334 e. The lowest BCUT2D eigenvalue weighted by molar-refractivity contribution is -0.158. The summed E-state index contributed by atoms with van der Waals surface area (Å²) >= 11 is 1.56. The van der Waals surface area contributed by atoms with Crippen molar-refractivity contribution in [1.29, 1.82) is 0 Å². The van der Waals surface area contributed by atoms with Gasteiger partial charge < -0.3 is 14.7 Å². The van der Waals surface area contributed by atoms with Crippen molar-refractivity contribution in [1.82, 2.24) is 4.90 Å². The summed E-state index contributed by atoms with van der Waals surface area (Å²) in [4.78, 5) is 24.0. The quantitative estimate of drug-likeness (QED) is 0.781. The molecule has 1 N–H and O–H groups in total. The van der Waals surface area contributed by atoms with Gasteiger partial charge in [0.05, 0.1) is 18.9 Å². The minimum atomic E-state index is -1.01. The van der Waals surface area contributed by atoms with Crippen molar-refractivity contribution in [3.8, 4) is 0 Å². The van der Waals surface area contributed by atoms with Gasteiger partial charge in [-0.25, -0.2) is 4.79 Å². The summed E-state index contributed by atoms with van der Waals surface area (Å²) in [5.74, 6) is -0.605. The number of carboxylic acid groups (broad SMARTS) is 1. The van der Waals surface area contributed by atoms with Crippen molar-refractivity contribution >= 4 is 23.6 Å². The van der Waals surface area contributed by atoms with Crippen molar-refractivity contribution in [2.75, 3.05) is 25.4 Å². The molecule has 1 amide bonds. The maximum Gasteiger partial charge on any atom is 0.334 e. The van der Waals surface area contributed by atoms with E-state index in [0.29, 0.717) is 24.2 Å². The molecule has 92 valence electrons. The van der Waals surface area contributed by atoms with Crippen LogP contribution in [0.4, 0.5) is 0 Å². The standard InChI is InChI=1S/C10H17NO4S/c1-7(2)16-6-9(12)11-3-4-15-8(5-11)10(13)14/h7-8H,3-6H2,1-2H3,(H,13,14). The van der Waals surface area contributed by atoms with Gasteiger partial charge in [-0.1, -0.05) is 13.8 Å². The average molecular weight is 247 g/mol. The Kier molecular flexibility index (Phi) is 5.08. The second-order valence-corrected chi connectivity index (χ2v) is 5.46. The van der Waals surface area contributed by atoms with E-state index in [1.165, 1.54) is 0 Å². The van der Waals surface area contributed by atoms with Gasteiger partial charge >= 0.3 is 5.97 Å². The first-order valence-corrected chi connectivity index (χ1v) is 6.29. The topological polar surface area (TPSA) is 66.8 Å². The molecule has 0 aromatic heterocycles. The highest BCUT2D eigenvalue weighted by Gasteiger charge is 2.28. The first kappa shape index (κ1) is 13.3. The third kappa shape index (κ3) is 4.02. The van der Waals surface area contributed by atoms with E-state index in [2.05, 4.69) is 0 Å². The molecule has 0 saturated carbocycles. The molecule has 0 aromatic rings. The van der Waals surface area contributed by atoms with Crippen LogP contribution < -0.4 is 0 Å². The zero-order valence-electron chi connectivity index (χ0n) is 9.51. The molecule has 0 spiro atoms. The number of rotatable bonds is 4. The zero-order chi connectivity index (χ0) is 12.1. The molecule has 16 heavy (non-hydrogen) atoms. The number of morpholine rings is 1. The number of aliphatic carboxylic acids is 1. The van der Waals surface area contributed by atoms with Crippen LogP contribution in [0.1, 0.15) is 13.8 Å². The normalized spacial score (nSPS) is 21.2. The molecule has 1 saturated heterocycles. The fourth-order valence-electron chi connectivity index (χ4n) is 1.35. The summed E-state index contributed by atoms with van der Waals surface area (Å²) in [6.45, 7) is 5.00. The van der Waals surface area contributed by atoms with Crippen molar-refractivity contribution in [3.05, 3.63) is 0 Å². The molecule has 1 fully saturated rings. The van der Waals surface area contributed by atoms with Gasteiger partial charge in [-0.2, -0.15) is 0 Å². The second-order valence-electron chi connectivity index (χ2n) is 3.90. The monoisotopic (exact) mass is 247 g/mol. The SMILES string of the molecule is CC(C)SCC(=O)N1CCOC(C(=O)O)C1. The summed E-state index contributed by atoms with van der Waals surface area (Å²) < 4.78 is 5.05. The molecule has 1 aliphatic heterocycles. The number of carboxylic acids is 1. The highest BCUT2D eigenvalue weighted by molar-refractivity contribution is 8.00. The summed E-state index contributed by atoms with van der Waals surface area (Å²) in [6.07, 6.45) is -0.873. The Hall–Kier alpha value is -0.750. The molecule has 0 radical (unpaired) electrons. The first-order chi connectivity index (χ1) is 7.50. The fourth-order valence-corrected chi connectivity index (χ4v) is 2.01. The third-order valence-corrected chi connectivity index (χ3v) is 3.32. The number of amides is 1. The Morgan fingerprint density at radius 3 is 2.81 bits per heavy atom. The Morgan fingerprint density at radius 2 is 2.25 bits per heavy atom. The van der Waals surface area contributed by atoms with Gasteiger partial charge in [0.15, 0.2) is 6.10 Å². The van der Waals surface area contributed by atoms with E-state index in [0.717, 1.165) is 0 Å². The molecular formula is C10H17NO4S. The lowest BCUT2D eigenvalue weighted by atomic mass is 10.3. The predicted molar refractivity (Wildman–Crippen MR) is 61.5 cm³/mol. The van der Waals surface area contributed by atoms with E-state index < -0.39 is 12.1 Å². The van der Waals surface area contributed by atoms with Gasteiger partial charge in [0, 0.05) is 6.54 Å². The molecule has 0 aromatic carbocycles. The molecule has 1 aliphatic rings. The summed E-state index contributed by atoms with van der Waals surface area (Å²) in [5.41, 5.74) is 0. The predicted octanol–water partition coefficient (Wildman–Crippen LogP) is 0.440. The lowest BCUT2D eigenvalue weighted by Gasteiger charge is -2.30. The number of carbonyl (C=O) groups excluding carboxylic acids is 1. The van der Waals surface area contributed by atoms with Crippen LogP contribution in [-0.4, -0.2) is 58.7 Å². The third-order valence-electron chi connectivity index (χ3n) is 2.23. The number of hydrogen-bond donors (Lipinski definition) is 1. The maximum absolute atomic E-state index is 11.7. The van der Waals surface area contributed by atoms with Crippen LogP contribution in [0.5, 0.6) is 0 Å². The van der Waals surface area contributed by atoms with Crippen LogP contribution in [0.2, 0.25) is 0 Å². The Bertz CT molecular complexity index is 270. The number of thioether (sulfide) groups is 1. The van der Waals surface area contributed by atoms with Crippen LogP contribution in [0.3, 0.4) is 0 Å². The average Bonchev–Trinajstić information content (AvgIpc) is 2.26. The number of carbonyl (C=O) groups is 2. The second kappa shape index (κ2) is 6.10. The van der Waals surface area contributed by atoms with E-state index >= 15 is 0 Å². The van der Waals surface area contributed by atoms with E-state index in [1.807, 2.05) is 13.8 Å². The van der Waals surface area contributed by atoms with Gasteiger partial charge in [0.25, 0.3) is 0 Å². The van der Waals surface area contributed by atoms with Crippen LogP contribution in [0.15, 0.2) is 0 Å². The molecule has 1 atom stereocenters. The Morgan fingerprint density at radius 1 is 1.56 bits per heavy atom. The van der Waals surface area contributed by atoms with Crippen LogP contribution in [0, 0.1) is 0 Å². The van der Waals surface area contributed by atoms with E-state index in [1.54, 1.807) is 16.7 Å². The van der Waals surface area contributed by atoms with E-state index in [-0.39, 0.29) is 12.5 Å². The van der Waals surface area contributed by atoms with Gasteiger partial charge in [0.2, 0.25) is 5.91 Å². The zero-order valence-corrected chi connectivity index (χ0v) is 10.3. The maximum atomic E-state index is 11.7. The summed E-state index contributed by atoms with van der Waals surface area (Å²) in [5, 5.41) is 9.19. The van der Waals surface area contributed by atoms with Gasteiger partial charge in [-0.05, 0) is 5.25 Å². The van der Waals surface area contributed by atoms with Crippen LogP contribution in [0.25, 0.3) is 0 Å². The summed E-state index contributed by atoms with van der Waals surface area (Å²) in [6, 6.07) is 0. The fraction of sp³-hybridized carbons (Fsp3) is 0.800. The number of ether oxygens (including phenoxy) is 1. The molecule has 0 bridgehead atoms. The van der Waals surface area contributed by atoms with Crippen LogP contribution >= 0.6 is 11.8 Å². The van der Waals surface area contributed by atoms with Crippen molar-refractivity contribution in [2.45, 2.75) is 25.2 Å². The molecule has 1 rings (SSSR count). The van der Waals surface area contributed by atoms with Crippen LogP contribution in [-0.2, 0) is 14.3 Å². The highest BCUT2D eigenvalue weighted by Crippen LogP contribution is 2.12. The van der Waals surface area contributed by atoms with Gasteiger partial charge in [0.1, 0.15) is 0 Å². The minimum absolute atomic E-state index is 0.00625. The lowest BCUT2D eigenvalue weighted by Crippen LogP contribution is -2.49. The van der Waals surface area contributed by atoms with Crippen molar-refractivity contribution in [2.24, 2.45) is 0 Å². The van der Waals surface area contributed by atoms with E-state index in [9.17, 15) is 9.59 Å². The van der Waals surface area contributed by atoms with Gasteiger partial charge in [-0.15, -0.1) is 11.8 Å². The number of hydrogen-bond acceptors (Lipinski definition) is 4. The van der Waals surface area contributed by atoms with Crippen molar-refractivity contribution in [3.63, 3.8) is 0 Å². The Labute approximate surface area is 99.1 Å². The van der Waals surface area contributed by atoms with E-state index in [4.69, 9.17) is 9.84 Å².